The number of ether oxygens (including phenoxy) is 1. The van der Waals surface area contributed by atoms with Gasteiger partial charge in [-0.15, -0.1) is 0 Å². The Morgan fingerprint density at radius 1 is 1.33 bits per heavy atom. The topological polar surface area (TPSA) is 21.3 Å². The van der Waals surface area contributed by atoms with E-state index >= 15 is 0 Å². The molecule has 1 aromatic rings. The monoisotopic (exact) mass is 247 g/mol. The molecule has 1 saturated carbocycles. The quantitative estimate of drug-likeness (QED) is 0.788. The lowest BCUT2D eigenvalue weighted by Gasteiger charge is -2.30. The molecule has 0 heterocycles. The van der Waals surface area contributed by atoms with E-state index in [1.54, 1.807) is 0 Å². The molecule has 1 aromatic carbocycles. The molecule has 1 aliphatic carbocycles. The fourth-order valence-electron chi connectivity index (χ4n) is 2.63. The van der Waals surface area contributed by atoms with Gasteiger partial charge in [-0.1, -0.05) is 38.3 Å². The lowest BCUT2D eigenvalue weighted by atomic mass is 9.79. The van der Waals surface area contributed by atoms with Crippen LogP contribution < -0.4 is 10.1 Å². The summed E-state index contributed by atoms with van der Waals surface area (Å²) in [6.07, 6.45) is 5.51. The van der Waals surface area contributed by atoms with Crippen molar-refractivity contribution >= 4 is 0 Å². The van der Waals surface area contributed by atoms with Crippen LogP contribution >= 0.6 is 0 Å². The van der Waals surface area contributed by atoms with Crippen LogP contribution in [0.1, 0.15) is 51.1 Å². The van der Waals surface area contributed by atoms with Gasteiger partial charge in [-0.3, -0.25) is 0 Å². The van der Waals surface area contributed by atoms with Gasteiger partial charge in [0.1, 0.15) is 5.75 Å². The smallest absolute Gasteiger partial charge is 0.119 e. The molecule has 0 spiro atoms. The maximum absolute atomic E-state index is 5.59. The summed E-state index contributed by atoms with van der Waals surface area (Å²) in [5.41, 5.74) is 1.37. The van der Waals surface area contributed by atoms with Gasteiger partial charge in [0, 0.05) is 6.04 Å². The van der Waals surface area contributed by atoms with Crippen molar-refractivity contribution in [2.45, 2.75) is 45.6 Å². The van der Waals surface area contributed by atoms with Crippen LogP contribution in [0.4, 0.5) is 0 Å². The minimum absolute atomic E-state index is 0.487. The van der Waals surface area contributed by atoms with Crippen molar-refractivity contribution in [3.63, 3.8) is 0 Å². The van der Waals surface area contributed by atoms with Crippen molar-refractivity contribution in [2.24, 2.45) is 5.92 Å². The van der Waals surface area contributed by atoms with Crippen molar-refractivity contribution in [3.8, 4) is 5.75 Å². The highest BCUT2D eigenvalue weighted by atomic mass is 16.5. The van der Waals surface area contributed by atoms with Crippen molar-refractivity contribution in [3.05, 3.63) is 29.8 Å². The lowest BCUT2D eigenvalue weighted by molar-refractivity contribution is 0.262. The molecule has 2 rings (SSSR count). The zero-order chi connectivity index (χ0) is 12.8. The van der Waals surface area contributed by atoms with Crippen LogP contribution in [-0.2, 0) is 0 Å². The highest BCUT2D eigenvalue weighted by molar-refractivity contribution is 5.30. The maximum Gasteiger partial charge on any atom is 0.119 e. The Morgan fingerprint density at radius 3 is 2.78 bits per heavy atom. The Hall–Kier alpha value is -1.02. The van der Waals surface area contributed by atoms with E-state index in [9.17, 15) is 0 Å². The summed E-state index contributed by atoms with van der Waals surface area (Å²) in [7, 11) is 0. The average molecular weight is 247 g/mol. The molecule has 0 aliphatic heterocycles. The van der Waals surface area contributed by atoms with E-state index < -0.39 is 0 Å². The van der Waals surface area contributed by atoms with Crippen LogP contribution in [0.3, 0.4) is 0 Å². The summed E-state index contributed by atoms with van der Waals surface area (Å²) in [6, 6.07) is 9.04. The maximum atomic E-state index is 5.59. The fraction of sp³-hybridized carbons (Fsp3) is 0.625. The molecular formula is C16H25NO. The Morgan fingerprint density at radius 2 is 2.17 bits per heavy atom. The largest absolute Gasteiger partial charge is 0.494 e. The Bertz CT molecular complexity index is 360. The first kappa shape index (κ1) is 13.4. The molecule has 1 unspecified atom stereocenters. The first-order chi connectivity index (χ1) is 8.83. The molecule has 0 saturated heterocycles. The summed E-state index contributed by atoms with van der Waals surface area (Å²) in [5.74, 6) is 1.91. The SMILES string of the molecule is CCNC(CC1CCC1)c1cccc(OCC)c1. The Balaban J connectivity index is 2.05. The third-order valence-corrected chi connectivity index (χ3v) is 3.82. The molecule has 100 valence electrons. The Labute approximate surface area is 111 Å². The van der Waals surface area contributed by atoms with Gasteiger partial charge in [-0.25, -0.2) is 0 Å². The molecular weight excluding hydrogens is 222 g/mol. The zero-order valence-electron chi connectivity index (χ0n) is 11.6. The molecule has 2 heteroatoms. The normalized spacial score (nSPS) is 17.2. The predicted octanol–water partition coefficient (Wildman–Crippen LogP) is 3.93. The first-order valence-electron chi connectivity index (χ1n) is 7.29. The van der Waals surface area contributed by atoms with Gasteiger partial charge in [-0.2, -0.15) is 0 Å². The second-order valence-electron chi connectivity index (χ2n) is 5.15. The molecule has 1 atom stereocenters. The fourth-order valence-corrected chi connectivity index (χ4v) is 2.63. The number of rotatable bonds is 7. The standard InChI is InChI=1S/C16H25NO/c1-3-17-16(11-13-7-5-8-13)14-9-6-10-15(12-14)18-4-2/h6,9-10,12-13,16-17H,3-5,7-8,11H2,1-2H3. The van der Waals surface area contributed by atoms with E-state index in [1.165, 1.54) is 31.2 Å². The second kappa shape index (κ2) is 6.79. The van der Waals surface area contributed by atoms with Crippen molar-refractivity contribution in [1.82, 2.24) is 5.32 Å². The highest BCUT2D eigenvalue weighted by Crippen LogP contribution is 2.35. The van der Waals surface area contributed by atoms with Crippen molar-refractivity contribution in [1.29, 1.82) is 0 Å². The minimum atomic E-state index is 0.487. The summed E-state index contributed by atoms with van der Waals surface area (Å²) in [6.45, 7) is 5.97. The van der Waals surface area contributed by atoms with E-state index in [0.29, 0.717) is 6.04 Å². The molecule has 0 bridgehead atoms. The van der Waals surface area contributed by atoms with Gasteiger partial charge >= 0.3 is 0 Å². The van der Waals surface area contributed by atoms with Gasteiger partial charge < -0.3 is 10.1 Å². The summed E-state index contributed by atoms with van der Waals surface area (Å²) < 4.78 is 5.59. The van der Waals surface area contributed by atoms with E-state index in [-0.39, 0.29) is 0 Å². The van der Waals surface area contributed by atoms with Crippen LogP contribution in [0, 0.1) is 5.92 Å². The molecule has 18 heavy (non-hydrogen) atoms. The van der Waals surface area contributed by atoms with E-state index in [4.69, 9.17) is 4.74 Å². The van der Waals surface area contributed by atoms with Gasteiger partial charge in [0.05, 0.1) is 6.61 Å². The zero-order valence-corrected chi connectivity index (χ0v) is 11.6. The van der Waals surface area contributed by atoms with Gasteiger partial charge in [0.25, 0.3) is 0 Å². The summed E-state index contributed by atoms with van der Waals surface area (Å²) in [4.78, 5) is 0. The average Bonchev–Trinajstić information content (AvgIpc) is 2.33. The number of hydrogen-bond donors (Lipinski definition) is 1. The van der Waals surface area contributed by atoms with Crippen LogP contribution in [0.15, 0.2) is 24.3 Å². The third-order valence-electron chi connectivity index (χ3n) is 3.82. The van der Waals surface area contributed by atoms with Crippen LogP contribution in [0.25, 0.3) is 0 Å². The van der Waals surface area contributed by atoms with Gasteiger partial charge in [0.2, 0.25) is 0 Å². The number of benzene rings is 1. The van der Waals surface area contributed by atoms with E-state index in [1.807, 2.05) is 13.0 Å². The van der Waals surface area contributed by atoms with Crippen LogP contribution in [-0.4, -0.2) is 13.2 Å². The van der Waals surface area contributed by atoms with Crippen molar-refractivity contribution < 1.29 is 4.74 Å². The molecule has 2 nitrogen and oxygen atoms in total. The molecule has 0 radical (unpaired) electrons. The summed E-state index contributed by atoms with van der Waals surface area (Å²) in [5, 5.41) is 3.61. The van der Waals surface area contributed by atoms with Crippen molar-refractivity contribution in [2.75, 3.05) is 13.2 Å². The van der Waals surface area contributed by atoms with Crippen LogP contribution in [0.5, 0.6) is 5.75 Å². The van der Waals surface area contributed by atoms with E-state index in [2.05, 4.69) is 30.4 Å². The number of nitrogens with one attached hydrogen (secondary N) is 1. The van der Waals surface area contributed by atoms with E-state index in [0.717, 1.165) is 24.8 Å². The number of hydrogen-bond acceptors (Lipinski definition) is 2. The third kappa shape index (κ3) is 3.49. The first-order valence-corrected chi connectivity index (χ1v) is 7.29. The molecule has 0 amide bonds. The summed E-state index contributed by atoms with van der Waals surface area (Å²) >= 11 is 0. The molecule has 0 aromatic heterocycles. The molecule has 1 N–H and O–H groups in total. The highest BCUT2D eigenvalue weighted by Gasteiger charge is 2.22. The second-order valence-corrected chi connectivity index (χ2v) is 5.15. The van der Waals surface area contributed by atoms with Crippen LogP contribution in [0.2, 0.25) is 0 Å². The van der Waals surface area contributed by atoms with Gasteiger partial charge in [0.15, 0.2) is 0 Å². The molecule has 1 aliphatic rings. The van der Waals surface area contributed by atoms with Gasteiger partial charge in [-0.05, 0) is 43.5 Å². The minimum Gasteiger partial charge on any atom is -0.494 e. The molecule has 1 fully saturated rings. The Kier molecular flexibility index (Phi) is 5.06. The lowest BCUT2D eigenvalue weighted by Crippen LogP contribution is -2.25. The predicted molar refractivity (Wildman–Crippen MR) is 76.0 cm³/mol.